The number of carbonyl (C=O) groups excluding carboxylic acids is 1. The molecule has 0 unspecified atom stereocenters. The fourth-order valence-corrected chi connectivity index (χ4v) is 3.96. The topological polar surface area (TPSA) is 118 Å². The smallest absolute Gasteiger partial charge is 0.243 e. The number of fused-ring (bicyclic) bond motifs is 1. The Morgan fingerprint density at radius 2 is 1.65 bits per heavy atom. The van der Waals surface area contributed by atoms with Crippen LogP contribution in [0.5, 0.6) is 0 Å². The number of hydrogen-bond donors (Lipinski definition) is 2. The minimum absolute atomic E-state index is 0.330. The second-order valence-electron chi connectivity index (χ2n) is 7.86. The SMILES string of the molecule is O=C(CCCCCCn1cnc2c(N3CCOCC3)nc(N3CCOCC3)nc21)NO. The maximum Gasteiger partial charge on any atom is 0.243 e. The summed E-state index contributed by atoms with van der Waals surface area (Å²) in [6.45, 7) is 6.70. The molecule has 2 fully saturated rings. The van der Waals surface area contributed by atoms with Gasteiger partial charge in [-0.25, -0.2) is 10.5 Å². The molecule has 31 heavy (non-hydrogen) atoms. The molecule has 2 aromatic heterocycles. The molecule has 0 bridgehead atoms. The van der Waals surface area contributed by atoms with E-state index in [1.807, 2.05) is 6.33 Å². The molecule has 1 amide bonds. The minimum atomic E-state index is -0.330. The number of nitrogens with one attached hydrogen (secondary N) is 1. The molecular weight excluding hydrogens is 402 g/mol. The van der Waals surface area contributed by atoms with Crippen molar-refractivity contribution < 1.29 is 19.5 Å². The Bertz CT molecular complexity index is 863. The second-order valence-corrected chi connectivity index (χ2v) is 7.86. The zero-order valence-electron chi connectivity index (χ0n) is 17.8. The van der Waals surface area contributed by atoms with Crippen LogP contribution in [0.25, 0.3) is 11.2 Å². The van der Waals surface area contributed by atoms with Crippen LogP contribution in [-0.2, 0) is 20.8 Å². The number of hydroxylamine groups is 1. The molecule has 0 aliphatic carbocycles. The van der Waals surface area contributed by atoms with E-state index in [1.54, 1.807) is 5.48 Å². The maximum absolute atomic E-state index is 11.1. The number of carbonyl (C=O) groups is 1. The largest absolute Gasteiger partial charge is 0.378 e. The van der Waals surface area contributed by atoms with Gasteiger partial charge in [-0.15, -0.1) is 0 Å². The number of imidazole rings is 1. The molecule has 11 heteroatoms. The van der Waals surface area contributed by atoms with Crippen molar-refractivity contribution in [2.24, 2.45) is 0 Å². The molecule has 0 aromatic carbocycles. The van der Waals surface area contributed by atoms with Gasteiger partial charge in [-0.3, -0.25) is 10.0 Å². The Balaban J connectivity index is 1.49. The first-order valence-electron chi connectivity index (χ1n) is 11.1. The molecule has 170 valence electrons. The molecule has 2 saturated heterocycles. The molecule has 0 radical (unpaired) electrons. The van der Waals surface area contributed by atoms with E-state index in [-0.39, 0.29) is 5.91 Å². The number of aromatic nitrogens is 4. The van der Waals surface area contributed by atoms with Gasteiger partial charge in [-0.05, 0) is 12.8 Å². The quantitative estimate of drug-likeness (QED) is 0.339. The summed E-state index contributed by atoms with van der Waals surface area (Å²) >= 11 is 0. The lowest BCUT2D eigenvalue weighted by Gasteiger charge is -2.30. The summed E-state index contributed by atoms with van der Waals surface area (Å²) in [5.74, 6) is 1.28. The van der Waals surface area contributed by atoms with Crippen LogP contribution in [-0.4, -0.2) is 83.2 Å². The van der Waals surface area contributed by atoms with Crippen molar-refractivity contribution in [2.45, 2.75) is 38.6 Å². The Morgan fingerprint density at radius 3 is 2.35 bits per heavy atom. The van der Waals surface area contributed by atoms with Crippen molar-refractivity contribution in [3.63, 3.8) is 0 Å². The number of rotatable bonds is 9. The van der Waals surface area contributed by atoms with Crippen LogP contribution < -0.4 is 15.3 Å². The summed E-state index contributed by atoms with van der Waals surface area (Å²) < 4.78 is 13.1. The second kappa shape index (κ2) is 10.7. The van der Waals surface area contributed by atoms with E-state index in [4.69, 9.17) is 24.6 Å². The molecule has 0 atom stereocenters. The number of ether oxygens (including phenoxy) is 2. The number of nitrogens with zero attached hydrogens (tertiary/aromatic N) is 6. The van der Waals surface area contributed by atoms with Gasteiger partial charge in [0.1, 0.15) is 0 Å². The Labute approximate surface area is 181 Å². The lowest BCUT2D eigenvalue weighted by atomic mass is 10.1. The van der Waals surface area contributed by atoms with Crippen LogP contribution in [0.1, 0.15) is 32.1 Å². The molecule has 11 nitrogen and oxygen atoms in total. The Kier molecular flexibility index (Phi) is 7.49. The molecule has 0 saturated carbocycles. The number of anilines is 2. The minimum Gasteiger partial charge on any atom is -0.378 e. The van der Waals surface area contributed by atoms with Gasteiger partial charge in [0.05, 0.1) is 32.8 Å². The lowest BCUT2D eigenvalue weighted by Crippen LogP contribution is -2.39. The fraction of sp³-hybridized carbons (Fsp3) is 0.700. The summed E-state index contributed by atoms with van der Waals surface area (Å²) in [7, 11) is 0. The first-order valence-corrected chi connectivity index (χ1v) is 11.1. The first kappa shape index (κ1) is 21.7. The van der Waals surface area contributed by atoms with Crippen LogP contribution in [0.15, 0.2) is 6.33 Å². The summed E-state index contributed by atoms with van der Waals surface area (Å²) in [6.07, 6.45) is 5.87. The molecule has 0 spiro atoms. The van der Waals surface area contributed by atoms with Crippen LogP contribution in [0.4, 0.5) is 11.8 Å². The molecule has 2 N–H and O–H groups in total. The van der Waals surface area contributed by atoms with Gasteiger partial charge in [0.2, 0.25) is 11.9 Å². The van der Waals surface area contributed by atoms with Crippen molar-refractivity contribution in [1.82, 2.24) is 25.0 Å². The average molecular weight is 434 g/mol. The van der Waals surface area contributed by atoms with Gasteiger partial charge in [-0.2, -0.15) is 9.97 Å². The van der Waals surface area contributed by atoms with Gasteiger partial charge in [0.15, 0.2) is 17.0 Å². The van der Waals surface area contributed by atoms with Crippen molar-refractivity contribution in [3.8, 4) is 0 Å². The van der Waals surface area contributed by atoms with Gasteiger partial charge in [0.25, 0.3) is 0 Å². The highest BCUT2D eigenvalue weighted by molar-refractivity contribution is 5.85. The molecule has 4 heterocycles. The molecule has 2 aliphatic heterocycles. The fourth-order valence-electron chi connectivity index (χ4n) is 3.96. The number of hydrogen-bond acceptors (Lipinski definition) is 9. The third-order valence-electron chi connectivity index (χ3n) is 5.72. The lowest BCUT2D eigenvalue weighted by molar-refractivity contribution is -0.129. The van der Waals surface area contributed by atoms with E-state index >= 15 is 0 Å². The first-order chi connectivity index (χ1) is 15.3. The molecule has 2 aliphatic rings. The third-order valence-corrected chi connectivity index (χ3v) is 5.72. The molecular formula is C20H31N7O4. The number of unbranched alkanes of at least 4 members (excludes halogenated alkanes) is 3. The third kappa shape index (κ3) is 5.41. The Hall–Kier alpha value is -2.50. The van der Waals surface area contributed by atoms with Crippen molar-refractivity contribution >= 4 is 28.8 Å². The van der Waals surface area contributed by atoms with Crippen LogP contribution >= 0.6 is 0 Å². The summed E-state index contributed by atoms with van der Waals surface area (Å²) in [6, 6.07) is 0. The monoisotopic (exact) mass is 433 g/mol. The van der Waals surface area contributed by atoms with E-state index in [2.05, 4.69) is 19.4 Å². The number of aryl methyl sites for hydroxylation is 1. The van der Waals surface area contributed by atoms with Crippen molar-refractivity contribution in [2.75, 3.05) is 62.4 Å². The predicted molar refractivity (Wildman–Crippen MR) is 114 cm³/mol. The number of amides is 1. The van der Waals surface area contributed by atoms with Gasteiger partial charge >= 0.3 is 0 Å². The highest BCUT2D eigenvalue weighted by Crippen LogP contribution is 2.27. The van der Waals surface area contributed by atoms with E-state index in [9.17, 15) is 4.79 Å². The summed E-state index contributed by atoms with van der Waals surface area (Å²) in [5.41, 5.74) is 3.36. The normalized spacial score (nSPS) is 17.3. The summed E-state index contributed by atoms with van der Waals surface area (Å²) in [4.78, 5) is 30.0. The maximum atomic E-state index is 11.1. The van der Waals surface area contributed by atoms with Gasteiger partial charge in [-0.1, -0.05) is 12.8 Å². The standard InChI is InChI=1S/C20H31N7O4/c28-16(24-29)5-3-1-2-4-6-27-15-21-17-18(25-7-11-30-12-8-25)22-20(23-19(17)27)26-9-13-31-14-10-26/h15,29H,1-14H2,(H,24,28). The molecule has 4 rings (SSSR count). The highest BCUT2D eigenvalue weighted by Gasteiger charge is 2.23. The van der Waals surface area contributed by atoms with Crippen LogP contribution in [0.2, 0.25) is 0 Å². The van der Waals surface area contributed by atoms with Gasteiger partial charge < -0.3 is 23.8 Å². The van der Waals surface area contributed by atoms with E-state index < -0.39 is 0 Å². The average Bonchev–Trinajstić information content (AvgIpc) is 3.24. The van der Waals surface area contributed by atoms with Crippen LogP contribution in [0, 0.1) is 0 Å². The summed E-state index contributed by atoms with van der Waals surface area (Å²) in [5, 5.41) is 8.55. The van der Waals surface area contributed by atoms with Crippen molar-refractivity contribution in [1.29, 1.82) is 0 Å². The zero-order valence-corrected chi connectivity index (χ0v) is 17.8. The van der Waals surface area contributed by atoms with Gasteiger partial charge in [0, 0.05) is 39.1 Å². The van der Waals surface area contributed by atoms with E-state index in [0.29, 0.717) is 32.8 Å². The van der Waals surface area contributed by atoms with Crippen molar-refractivity contribution in [3.05, 3.63) is 6.33 Å². The predicted octanol–water partition coefficient (Wildman–Crippen LogP) is 0.955. The zero-order chi connectivity index (χ0) is 21.5. The Morgan fingerprint density at radius 1 is 0.968 bits per heavy atom. The number of morpholine rings is 2. The van der Waals surface area contributed by atoms with E-state index in [1.165, 1.54) is 0 Å². The van der Waals surface area contributed by atoms with E-state index in [0.717, 1.165) is 81.3 Å². The van der Waals surface area contributed by atoms with Crippen LogP contribution in [0.3, 0.4) is 0 Å². The highest BCUT2D eigenvalue weighted by atomic mass is 16.5. The molecule has 2 aromatic rings.